The lowest BCUT2D eigenvalue weighted by Crippen LogP contribution is -2.03. The van der Waals surface area contributed by atoms with Crippen molar-refractivity contribution in [1.82, 2.24) is 0 Å². The first kappa shape index (κ1) is 15.3. The van der Waals surface area contributed by atoms with Crippen LogP contribution < -0.4 is 0 Å². The van der Waals surface area contributed by atoms with Gasteiger partial charge in [-0.05, 0) is 31.0 Å². The Morgan fingerprint density at radius 2 is 1.63 bits per heavy atom. The smallest absolute Gasteiger partial charge is 0.303 e. The first-order chi connectivity index (χ1) is 9.00. The number of carboxylic acids is 1. The van der Waals surface area contributed by atoms with E-state index in [1.807, 2.05) is 0 Å². The van der Waals surface area contributed by atoms with E-state index in [4.69, 9.17) is 5.11 Å². The lowest BCUT2D eigenvalue weighted by atomic mass is 10.0. The van der Waals surface area contributed by atoms with Gasteiger partial charge in [-0.2, -0.15) is 0 Å². The number of Topliss-reactive ketones (excluding diaryl/α,β-unsaturated/α-hetero) is 1. The maximum absolute atomic E-state index is 13.3. The predicted molar refractivity (Wildman–Crippen MR) is 66.0 cm³/mol. The molecule has 0 amide bonds. The van der Waals surface area contributed by atoms with E-state index < -0.39 is 23.4 Å². The number of unbranched alkanes of at least 4 members (excludes halogenated alkanes) is 3. The molecule has 0 aromatic heterocycles. The highest BCUT2D eigenvalue weighted by Gasteiger charge is 2.12. The molecule has 0 aliphatic heterocycles. The minimum atomic E-state index is -0.835. The Bertz CT molecular complexity index is 458. The summed E-state index contributed by atoms with van der Waals surface area (Å²) in [4.78, 5) is 21.9. The molecular formula is C14H16F2O3. The Kier molecular flexibility index (Phi) is 6.12. The molecular weight excluding hydrogens is 254 g/mol. The van der Waals surface area contributed by atoms with Crippen LogP contribution in [-0.2, 0) is 4.79 Å². The summed E-state index contributed by atoms with van der Waals surface area (Å²) in [5.74, 6) is -2.60. The Morgan fingerprint density at radius 1 is 1.00 bits per heavy atom. The van der Waals surface area contributed by atoms with Crippen LogP contribution >= 0.6 is 0 Å². The van der Waals surface area contributed by atoms with Gasteiger partial charge in [-0.25, -0.2) is 8.78 Å². The van der Waals surface area contributed by atoms with Crippen molar-refractivity contribution in [2.24, 2.45) is 0 Å². The molecule has 0 saturated carbocycles. The zero-order valence-electron chi connectivity index (χ0n) is 10.5. The number of ketones is 1. The molecule has 0 saturated heterocycles. The highest BCUT2D eigenvalue weighted by Crippen LogP contribution is 2.14. The first-order valence-corrected chi connectivity index (χ1v) is 6.20. The van der Waals surface area contributed by atoms with Crippen molar-refractivity contribution in [2.75, 3.05) is 0 Å². The molecule has 0 bridgehead atoms. The standard InChI is InChI=1S/C14H16F2O3/c15-10-7-8-12(16)11(9-10)13(17)5-3-1-2-4-6-14(18)19/h7-9H,1-6H2,(H,18,19). The van der Waals surface area contributed by atoms with E-state index in [0.717, 1.165) is 18.2 Å². The predicted octanol–water partition coefficient (Wildman–Crippen LogP) is 3.57. The maximum Gasteiger partial charge on any atom is 0.303 e. The second-order valence-electron chi connectivity index (χ2n) is 4.36. The van der Waals surface area contributed by atoms with Crippen LogP contribution in [0.25, 0.3) is 0 Å². The minimum Gasteiger partial charge on any atom is -0.481 e. The largest absolute Gasteiger partial charge is 0.481 e. The normalized spacial score (nSPS) is 10.4. The van der Waals surface area contributed by atoms with E-state index in [-0.39, 0.29) is 18.4 Å². The minimum absolute atomic E-state index is 0.118. The van der Waals surface area contributed by atoms with Gasteiger partial charge in [0.2, 0.25) is 0 Å². The van der Waals surface area contributed by atoms with Crippen LogP contribution in [0.2, 0.25) is 0 Å². The van der Waals surface area contributed by atoms with Gasteiger partial charge in [-0.15, -0.1) is 0 Å². The zero-order valence-corrected chi connectivity index (χ0v) is 10.5. The Hall–Kier alpha value is -1.78. The van der Waals surface area contributed by atoms with Crippen LogP contribution in [0.4, 0.5) is 8.78 Å². The average molecular weight is 270 g/mol. The van der Waals surface area contributed by atoms with Crippen LogP contribution in [0.15, 0.2) is 18.2 Å². The van der Waals surface area contributed by atoms with Gasteiger partial charge in [0.25, 0.3) is 0 Å². The molecule has 0 radical (unpaired) electrons. The SMILES string of the molecule is O=C(O)CCCCCCC(=O)c1cc(F)ccc1F. The molecule has 0 spiro atoms. The summed E-state index contributed by atoms with van der Waals surface area (Å²) in [5, 5.41) is 8.43. The molecule has 104 valence electrons. The Labute approximate surface area is 110 Å². The number of rotatable bonds is 8. The highest BCUT2D eigenvalue weighted by atomic mass is 19.1. The quantitative estimate of drug-likeness (QED) is 0.580. The summed E-state index contributed by atoms with van der Waals surface area (Å²) in [6.45, 7) is 0. The molecule has 3 nitrogen and oxygen atoms in total. The summed E-state index contributed by atoms with van der Waals surface area (Å²) in [7, 11) is 0. The first-order valence-electron chi connectivity index (χ1n) is 6.20. The van der Waals surface area contributed by atoms with Crippen molar-refractivity contribution in [2.45, 2.75) is 38.5 Å². The number of halogens is 2. The van der Waals surface area contributed by atoms with Crippen molar-refractivity contribution < 1.29 is 23.5 Å². The molecule has 1 N–H and O–H groups in total. The number of benzene rings is 1. The van der Waals surface area contributed by atoms with Gasteiger partial charge < -0.3 is 5.11 Å². The molecule has 0 heterocycles. The van der Waals surface area contributed by atoms with Crippen LogP contribution in [0.3, 0.4) is 0 Å². The van der Waals surface area contributed by atoms with Crippen molar-refractivity contribution >= 4 is 11.8 Å². The fraction of sp³-hybridized carbons (Fsp3) is 0.429. The van der Waals surface area contributed by atoms with Gasteiger partial charge in [0, 0.05) is 12.8 Å². The summed E-state index contributed by atoms with van der Waals surface area (Å²) < 4.78 is 26.2. The lowest BCUT2D eigenvalue weighted by Gasteiger charge is -2.03. The van der Waals surface area contributed by atoms with Crippen LogP contribution in [0.1, 0.15) is 48.9 Å². The molecule has 0 aliphatic rings. The van der Waals surface area contributed by atoms with Gasteiger partial charge >= 0.3 is 5.97 Å². The van der Waals surface area contributed by atoms with Gasteiger partial charge in [-0.3, -0.25) is 9.59 Å². The molecule has 0 aliphatic carbocycles. The molecule has 5 heteroatoms. The van der Waals surface area contributed by atoms with E-state index in [1.165, 1.54) is 0 Å². The topological polar surface area (TPSA) is 54.4 Å². The molecule has 0 fully saturated rings. The van der Waals surface area contributed by atoms with Gasteiger partial charge in [0.05, 0.1) is 5.56 Å². The van der Waals surface area contributed by atoms with Gasteiger partial charge in [-0.1, -0.05) is 12.8 Å². The monoisotopic (exact) mass is 270 g/mol. The molecule has 0 atom stereocenters. The van der Waals surface area contributed by atoms with Crippen molar-refractivity contribution in [3.63, 3.8) is 0 Å². The Balaban J connectivity index is 2.31. The fourth-order valence-electron chi connectivity index (χ4n) is 1.76. The van der Waals surface area contributed by atoms with E-state index in [1.54, 1.807) is 0 Å². The summed E-state index contributed by atoms with van der Waals surface area (Å²) >= 11 is 0. The zero-order chi connectivity index (χ0) is 14.3. The van der Waals surface area contributed by atoms with Crippen molar-refractivity contribution in [3.8, 4) is 0 Å². The summed E-state index contributed by atoms with van der Waals surface area (Å²) in [5.41, 5.74) is -0.217. The molecule has 1 rings (SSSR count). The number of aliphatic carboxylic acids is 1. The third-order valence-electron chi connectivity index (χ3n) is 2.77. The fourth-order valence-corrected chi connectivity index (χ4v) is 1.76. The summed E-state index contributed by atoms with van der Waals surface area (Å²) in [6, 6.07) is 2.82. The van der Waals surface area contributed by atoms with Crippen LogP contribution in [0.5, 0.6) is 0 Å². The lowest BCUT2D eigenvalue weighted by molar-refractivity contribution is -0.137. The molecule has 1 aromatic rings. The third kappa shape index (κ3) is 5.59. The number of carbonyl (C=O) groups is 2. The molecule has 19 heavy (non-hydrogen) atoms. The van der Waals surface area contributed by atoms with Gasteiger partial charge in [0.15, 0.2) is 5.78 Å². The number of carboxylic acid groups (broad SMARTS) is 1. The van der Waals surface area contributed by atoms with E-state index >= 15 is 0 Å². The third-order valence-corrected chi connectivity index (χ3v) is 2.77. The number of hydrogen-bond acceptors (Lipinski definition) is 2. The van der Waals surface area contributed by atoms with Crippen molar-refractivity contribution in [3.05, 3.63) is 35.4 Å². The van der Waals surface area contributed by atoms with E-state index in [2.05, 4.69) is 0 Å². The Morgan fingerprint density at radius 3 is 2.26 bits per heavy atom. The molecule has 0 unspecified atom stereocenters. The average Bonchev–Trinajstić information content (AvgIpc) is 2.36. The second kappa shape index (κ2) is 7.61. The van der Waals surface area contributed by atoms with E-state index in [0.29, 0.717) is 25.7 Å². The van der Waals surface area contributed by atoms with E-state index in [9.17, 15) is 18.4 Å². The van der Waals surface area contributed by atoms with Crippen LogP contribution in [-0.4, -0.2) is 16.9 Å². The highest BCUT2D eigenvalue weighted by molar-refractivity contribution is 5.96. The maximum atomic E-state index is 13.3. The number of hydrogen-bond donors (Lipinski definition) is 1. The molecule has 1 aromatic carbocycles. The summed E-state index contributed by atoms with van der Waals surface area (Å²) in [6.07, 6.45) is 2.80. The van der Waals surface area contributed by atoms with Gasteiger partial charge in [0.1, 0.15) is 11.6 Å². The number of carbonyl (C=O) groups excluding carboxylic acids is 1. The van der Waals surface area contributed by atoms with Crippen LogP contribution in [0, 0.1) is 11.6 Å². The van der Waals surface area contributed by atoms with Crippen molar-refractivity contribution in [1.29, 1.82) is 0 Å². The second-order valence-corrected chi connectivity index (χ2v) is 4.36.